The highest BCUT2D eigenvalue weighted by molar-refractivity contribution is 6.02. The first-order chi connectivity index (χ1) is 18.9. The number of carbonyl (C=O) groups excluding carboxylic acids is 1. The molecule has 0 spiro atoms. The highest BCUT2D eigenvalue weighted by atomic mass is 19.3. The standard InChI is InChI=1S/C31H37F2N5O/c32-31(33)14-11-23(12-15-31)36-30-34-19-25-24(9-5-6-10-27(25)37-30)22-13-16-38-28(18-22)26(20-35-38)29(39)17-21-7-3-1-2-4-8-21/h9,13,16,18-21,23H,1-8,10-12,14-15,17H2,(H,34,36,37). The van der Waals surface area contributed by atoms with Crippen LogP contribution in [0.4, 0.5) is 14.7 Å². The molecule has 0 aromatic carbocycles. The number of anilines is 1. The third-order valence-corrected chi connectivity index (χ3v) is 8.76. The highest BCUT2D eigenvalue weighted by Crippen LogP contribution is 2.35. The van der Waals surface area contributed by atoms with Crippen molar-refractivity contribution in [2.45, 2.75) is 102 Å². The number of pyridine rings is 1. The Bertz CT molecular complexity index is 1360. The van der Waals surface area contributed by atoms with E-state index in [1.165, 1.54) is 25.7 Å². The largest absolute Gasteiger partial charge is 0.351 e. The minimum atomic E-state index is -2.55. The summed E-state index contributed by atoms with van der Waals surface area (Å²) in [7, 11) is 0. The predicted molar refractivity (Wildman–Crippen MR) is 148 cm³/mol. The van der Waals surface area contributed by atoms with Crippen molar-refractivity contribution in [3.8, 4) is 0 Å². The second kappa shape index (κ2) is 11.1. The molecule has 3 aromatic rings. The Labute approximate surface area is 228 Å². The molecule has 0 unspecified atom stereocenters. The summed E-state index contributed by atoms with van der Waals surface area (Å²) >= 11 is 0. The Balaban J connectivity index is 1.24. The van der Waals surface area contributed by atoms with Crippen molar-refractivity contribution in [2.75, 3.05) is 5.32 Å². The van der Waals surface area contributed by atoms with Gasteiger partial charge in [0.05, 0.1) is 23.0 Å². The lowest BCUT2D eigenvalue weighted by Gasteiger charge is -2.28. The van der Waals surface area contributed by atoms with Gasteiger partial charge in [-0.05, 0) is 61.3 Å². The van der Waals surface area contributed by atoms with Crippen LogP contribution in [0.3, 0.4) is 0 Å². The number of aryl methyl sites for hydroxylation is 1. The van der Waals surface area contributed by atoms with E-state index in [9.17, 15) is 13.6 Å². The number of nitrogens with zero attached hydrogens (tertiary/aromatic N) is 4. The molecule has 0 aliphatic heterocycles. The molecule has 206 valence electrons. The first kappa shape index (κ1) is 26.1. The Morgan fingerprint density at radius 3 is 2.64 bits per heavy atom. The molecular weight excluding hydrogens is 496 g/mol. The van der Waals surface area contributed by atoms with Crippen LogP contribution in [0, 0.1) is 5.92 Å². The van der Waals surface area contributed by atoms with Crippen molar-refractivity contribution in [3.63, 3.8) is 0 Å². The van der Waals surface area contributed by atoms with Crippen LogP contribution >= 0.6 is 0 Å². The molecule has 0 amide bonds. The number of aromatic nitrogens is 4. The molecule has 0 atom stereocenters. The number of Topliss-reactive ketones (excluding diaryl/α,β-unsaturated/α-hetero) is 1. The summed E-state index contributed by atoms with van der Waals surface area (Å²) in [4.78, 5) is 22.8. The van der Waals surface area contributed by atoms with Gasteiger partial charge in [0.1, 0.15) is 0 Å². The minimum absolute atomic E-state index is 0.0262. The fourth-order valence-electron chi connectivity index (χ4n) is 6.47. The Hall–Kier alpha value is -3.16. The van der Waals surface area contributed by atoms with Gasteiger partial charge in [-0.2, -0.15) is 5.10 Å². The number of carbonyl (C=O) groups is 1. The zero-order valence-corrected chi connectivity index (χ0v) is 22.5. The first-order valence-corrected chi connectivity index (χ1v) is 14.7. The first-order valence-electron chi connectivity index (χ1n) is 14.7. The van der Waals surface area contributed by atoms with Crippen LogP contribution in [0.25, 0.3) is 11.1 Å². The molecule has 1 N–H and O–H groups in total. The number of fused-ring (bicyclic) bond motifs is 2. The zero-order chi connectivity index (χ0) is 26.8. The monoisotopic (exact) mass is 533 g/mol. The SMILES string of the molecule is O=C(CC1CCCCCC1)c1cnn2ccc(C3=CCCCc4nc(NC5CCC(F)(F)CC5)ncc43)cc12. The van der Waals surface area contributed by atoms with Gasteiger partial charge in [0.25, 0.3) is 0 Å². The van der Waals surface area contributed by atoms with Crippen LogP contribution in [0.1, 0.15) is 111 Å². The second-order valence-corrected chi connectivity index (χ2v) is 11.6. The summed E-state index contributed by atoms with van der Waals surface area (Å²) in [5, 5.41) is 7.77. The quantitative estimate of drug-likeness (QED) is 0.264. The van der Waals surface area contributed by atoms with Crippen molar-refractivity contribution in [3.05, 3.63) is 59.2 Å². The van der Waals surface area contributed by atoms with Crippen molar-refractivity contribution in [1.82, 2.24) is 19.6 Å². The molecule has 3 aliphatic carbocycles. The Kier molecular flexibility index (Phi) is 7.45. The average Bonchev–Trinajstić information content (AvgIpc) is 3.05. The molecule has 6 rings (SSSR count). The smallest absolute Gasteiger partial charge is 0.248 e. The number of hydrogen-bond acceptors (Lipinski definition) is 5. The van der Waals surface area contributed by atoms with Gasteiger partial charge in [-0.15, -0.1) is 0 Å². The molecule has 2 fully saturated rings. The van der Waals surface area contributed by atoms with E-state index >= 15 is 0 Å². The Morgan fingerprint density at radius 2 is 1.85 bits per heavy atom. The van der Waals surface area contributed by atoms with E-state index < -0.39 is 5.92 Å². The fourth-order valence-corrected chi connectivity index (χ4v) is 6.47. The lowest BCUT2D eigenvalue weighted by molar-refractivity contribution is -0.0361. The van der Waals surface area contributed by atoms with Crippen LogP contribution in [0.5, 0.6) is 0 Å². The summed E-state index contributed by atoms with van der Waals surface area (Å²) in [5.74, 6) is -1.38. The molecule has 3 aliphatic rings. The van der Waals surface area contributed by atoms with E-state index in [4.69, 9.17) is 4.98 Å². The van der Waals surface area contributed by atoms with Crippen molar-refractivity contribution < 1.29 is 13.6 Å². The molecule has 3 heterocycles. The summed E-state index contributed by atoms with van der Waals surface area (Å²) in [6, 6.07) is 4.08. The van der Waals surface area contributed by atoms with Crippen LogP contribution in [0.2, 0.25) is 0 Å². The van der Waals surface area contributed by atoms with Gasteiger partial charge < -0.3 is 5.32 Å². The predicted octanol–water partition coefficient (Wildman–Crippen LogP) is 7.43. The van der Waals surface area contributed by atoms with Crippen molar-refractivity contribution >= 4 is 22.8 Å². The molecule has 0 saturated heterocycles. The molecule has 0 radical (unpaired) electrons. The molecule has 0 bridgehead atoms. The van der Waals surface area contributed by atoms with Gasteiger partial charge in [-0.3, -0.25) is 4.79 Å². The number of rotatable bonds is 6. The number of halogens is 2. The number of allylic oxidation sites excluding steroid dienone is 1. The van der Waals surface area contributed by atoms with Gasteiger partial charge in [-0.25, -0.2) is 23.3 Å². The van der Waals surface area contributed by atoms with Crippen LogP contribution in [-0.4, -0.2) is 37.3 Å². The molecule has 39 heavy (non-hydrogen) atoms. The summed E-state index contributed by atoms with van der Waals surface area (Å²) < 4.78 is 28.9. The van der Waals surface area contributed by atoms with Crippen molar-refractivity contribution in [1.29, 1.82) is 0 Å². The maximum absolute atomic E-state index is 13.6. The third kappa shape index (κ3) is 5.89. The minimum Gasteiger partial charge on any atom is -0.351 e. The summed E-state index contributed by atoms with van der Waals surface area (Å²) in [5.41, 5.74) is 5.58. The van der Waals surface area contributed by atoms with E-state index in [0.717, 1.165) is 60.0 Å². The van der Waals surface area contributed by atoms with E-state index in [0.29, 0.717) is 36.7 Å². The van der Waals surface area contributed by atoms with E-state index in [1.807, 2.05) is 18.5 Å². The van der Waals surface area contributed by atoms with E-state index in [-0.39, 0.29) is 24.7 Å². The fraction of sp³-hybridized carbons (Fsp3) is 0.548. The summed E-state index contributed by atoms with van der Waals surface area (Å²) in [6.45, 7) is 0. The van der Waals surface area contributed by atoms with Gasteiger partial charge in [0.15, 0.2) is 5.78 Å². The van der Waals surface area contributed by atoms with Crippen LogP contribution in [0.15, 0.2) is 36.8 Å². The van der Waals surface area contributed by atoms with E-state index in [2.05, 4.69) is 27.5 Å². The number of hydrogen-bond donors (Lipinski definition) is 1. The van der Waals surface area contributed by atoms with Crippen LogP contribution < -0.4 is 5.32 Å². The number of nitrogens with one attached hydrogen (secondary N) is 1. The van der Waals surface area contributed by atoms with Crippen molar-refractivity contribution in [2.24, 2.45) is 5.92 Å². The molecular formula is C31H37F2N5O. The maximum atomic E-state index is 13.6. The second-order valence-electron chi connectivity index (χ2n) is 11.6. The maximum Gasteiger partial charge on any atom is 0.248 e. The average molecular weight is 534 g/mol. The summed E-state index contributed by atoms with van der Waals surface area (Å²) in [6.07, 6.45) is 19.0. The van der Waals surface area contributed by atoms with Gasteiger partial charge in [0, 0.05) is 43.3 Å². The van der Waals surface area contributed by atoms with Gasteiger partial charge in [-0.1, -0.05) is 44.6 Å². The lowest BCUT2D eigenvalue weighted by Crippen LogP contribution is -2.32. The van der Waals surface area contributed by atoms with Gasteiger partial charge >= 0.3 is 0 Å². The molecule has 8 heteroatoms. The molecule has 2 saturated carbocycles. The topological polar surface area (TPSA) is 72.2 Å². The number of alkyl halides is 2. The lowest BCUT2D eigenvalue weighted by atomic mass is 9.92. The van der Waals surface area contributed by atoms with E-state index in [1.54, 1.807) is 10.7 Å². The molecule has 3 aromatic heterocycles. The molecule has 6 nitrogen and oxygen atoms in total. The van der Waals surface area contributed by atoms with Crippen LogP contribution in [-0.2, 0) is 6.42 Å². The highest BCUT2D eigenvalue weighted by Gasteiger charge is 2.35. The normalized spacial score (nSPS) is 20.6. The Morgan fingerprint density at radius 1 is 1.05 bits per heavy atom. The zero-order valence-electron chi connectivity index (χ0n) is 22.5. The number of ketones is 1. The van der Waals surface area contributed by atoms with Gasteiger partial charge in [0.2, 0.25) is 11.9 Å². The third-order valence-electron chi connectivity index (χ3n) is 8.76.